The molecule has 1 N–H and O–H groups in total. The Morgan fingerprint density at radius 1 is 0.800 bits per heavy atom. The molecule has 1 aromatic heterocycles. The summed E-state index contributed by atoms with van der Waals surface area (Å²) in [5.41, 5.74) is 6.91. The van der Waals surface area contributed by atoms with Crippen molar-refractivity contribution in [3.8, 4) is 11.3 Å². The minimum absolute atomic E-state index is 0.171. The number of hydrogen-bond donors (Lipinski definition) is 1. The highest BCUT2D eigenvalue weighted by molar-refractivity contribution is 6.05. The first-order valence-corrected chi connectivity index (χ1v) is 13.6. The highest BCUT2D eigenvalue weighted by Gasteiger charge is 2.39. The molecule has 0 aliphatic carbocycles. The van der Waals surface area contributed by atoms with E-state index in [0.717, 1.165) is 42.0 Å². The molecule has 0 radical (unpaired) electrons. The van der Waals surface area contributed by atoms with Gasteiger partial charge >= 0.3 is 0 Å². The molecular weight excluding hydrogens is 500 g/mol. The van der Waals surface area contributed by atoms with Crippen molar-refractivity contribution in [3.63, 3.8) is 0 Å². The first-order chi connectivity index (χ1) is 19.5. The third-order valence-electron chi connectivity index (χ3n) is 7.55. The van der Waals surface area contributed by atoms with E-state index < -0.39 is 11.9 Å². The average molecular weight is 531 g/mol. The molecule has 7 heteroatoms. The van der Waals surface area contributed by atoms with Crippen LogP contribution in [0.3, 0.4) is 0 Å². The summed E-state index contributed by atoms with van der Waals surface area (Å²) < 4.78 is 0. The van der Waals surface area contributed by atoms with Gasteiger partial charge in [-0.1, -0.05) is 66.7 Å². The highest BCUT2D eigenvalue weighted by Crippen LogP contribution is 2.31. The second kappa shape index (κ2) is 11.2. The molecule has 1 atom stereocenters. The molecule has 2 aliphatic heterocycles. The zero-order chi connectivity index (χ0) is 27.5. The summed E-state index contributed by atoms with van der Waals surface area (Å²) in [6.07, 6.45) is 2.43. The fourth-order valence-corrected chi connectivity index (χ4v) is 5.57. The number of aromatic nitrogens is 1. The number of fused-ring (bicyclic) bond motifs is 1. The topological polar surface area (TPSA) is 82.6 Å². The van der Waals surface area contributed by atoms with Gasteiger partial charge in [0.15, 0.2) is 0 Å². The lowest BCUT2D eigenvalue weighted by Crippen LogP contribution is -2.52. The number of hydrogen-bond acceptors (Lipinski definition) is 5. The van der Waals surface area contributed by atoms with E-state index >= 15 is 0 Å². The molecule has 1 unspecified atom stereocenters. The number of piperidine rings is 1. The molecular formula is C33H30N4O3. The van der Waals surface area contributed by atoms with Crippen LogP contribution in [-0.4, -0.2) is 38.5 Å². The summed E-state index contributed by atoms with van der Waals surface area (Å²) in [4.78, 5) is 45.7. The molecule has 0 bridgehead atoms. The van der Waals surface area contributed by atoms with E-state index in [2.05, 4.69) is 69.8 Å². The Bertz CT molecular complexity index is 1510. The summed E-state index contributed by atoms with van der Waals surface area (Å²) in [5, 5.41) is 2.36. The fraction of sp³-hybridized carbons (Fsp3) is 0.212. The van der Waals surface area contributed by atoms with Gasteiger partial charge in [-0.2, -0.15) is 0 Å². The highest BCUT2D eigenvalue weighted by atomic mass is 16.2. The Balaban J connectivity index is 1.21. The smallest absolute Gasteiger partial charge is 0.255 e. The van der Waals surface area contributed by atoms with Gasteiger partial charge in [-0.25, -0.2) is 0 Å². The Morgan fingerprint density at radius 2 is 1.48 bits per heavy atom. The number of imide groups is 1. The number of pyridine rings is 1. The summed E-state index contributed by atoms with van der Waals surface area (Å²) >= 11 is 0. The van der Waals surface area contributed by atoms with E-state index in [9.17, 15) is 14.4 Å². The van der Waals surface area contributed by atoms with E-state index in [0.29, 0.717) is 18.5 Å². The van der Waals surface area contributed by atoms with Crippen LogP contribution in [0.1, 0.15) is 45.5 Å². The van der Waals surface area contributed by atoms with Crippen LogP contribution < -0.4 is 5.32 Å². The lowest BCUT2D eigenvalue weighted by atomic mass is 10.0. The Kier molecular flexibility index (Phi) is 7.21. The minimum atomic E-state index is -0.622. The zero-order valence-electron chi connectivity index (χ0n) is 22.1. The van der Waals surface area contributed by atoms with E-state index in [1.54, 1.807) is 4.90 Å². The van der Waals surface area contributed by atoms with Gasteiger partial charge in [-0.15, -0.1) is 0 Å². The summed E-state index contributed by atoms with van der Waals surface area (Å²) in [6, 6.07) is 30.2. The molecule has 6 rings (SSSR count). The Morgan fingerprint density at radius 3 is 2.15 bits per heavy atom. The lowest BCUT2D eigenvalue weighted by molar-refractivity contribution is -0.136. The second-order valence-electron chi connectivity index (χ2n) is 10.4. The van der Waals surface area contributed by atoms with Crippen molar-refractivity contribution in [2.45, 2.75) is 45.1 Å². The third kappa shape index (κ3) is 5.55. The van der Waals surface area contributed by atoms with Crippen LogP contribution in [0.2, 0.25) is 0 Å². The standard InChI is InChI=1S/C33H30N4O3/c38-31-14-13-30(32(39)35-31)37-22-27-18-26(11-12-28(27)33(37)40)29-17-25(15-16-34-29)21-36(19-23-7-3-1-4-8-23)20-24-9-5-2-6-10-24/h1-12,15-18,30H,13-14,19-22H2,(H,35,38,39). The summed E-state index contributed by atoms with van der Waals surface area (Å²) in [7, 11) is 0. The van der Waals surface area contributed by atoms with Crippen LogP contribution in [0.5, 0.6) is 0 Å². The lowest BCUT2D eigenvalue weighted by Gasteiger charge is -2.29. The maximum Gasteiger partial charge on any atom is 0.255 e. The van der Waals surface area contributed by atoms with Crippen LogP contribution in [0.4, 0.5) is 0 Å². The molecule has 7 nitrogen and oxygen atoms in total. The number of benzene rings is 3. The third-order valence-corrected chi connectivity index (χ3v) is 7.55. The molecule has 3 heterocycles. The largest absolute Gasteiger partial charge is 0.322 e. The predicted octanol–water partition coefficient (Wildman–Crippen LogP) is 4.71. The fourth-order valence-electron chi connectivity index (χ4n) is 5.57. The van der Waals surface area contributed by atoms with Gasteiger partial charge in [0.1, 0.15) is 6.04 Å². The summed E-state index contributed by atoms with van der Waals surface area (Å²) in [6.45, 7) is 2.75. The van der Waals surface area contributed by atoms with Gasteiger partial charge in [0.05, 0.1) is 5.69 Å². The van der Waals surface area contributed by atoms with Crippen molar-refractivity contribution in [3.05, 3.63) is 125 Å². The van der Waals surface area contributed by atoms with Crippen LogP contribution in [0.15, 0.2) is 97.2 Å². The van der Waals surface area contributed by atoms with Gasteiger partial charge in [-0.05, 0) is 52.9 Å². The molecule has 40 heavy (non-hydrogen) atoms. The quantitative estimate of drug-likeness (QED) is 0.334. The van der Waals surface area contributed by atoms with Gasteiger partial charge in [0, 0.05) is 49.9 Å². The zero-order valence-corrected chi connectivity index (χ0v) is 22.1. The molecule has 3 amide bonds. The molecule has 200 valence electrons. The van der Waals surface area contributed by atoms with Crippen LogP contribution in [0.25, 0.3) is 11.3 Å². The number of carbonyl (C=O) groups is 3. The van der Waals surface area contributed by atoms with E-state index in [1.807, 2.05) is 42.6 Å². The number of nitrogens with zero attached hydrogens (tertiary/aromatic N) is 3. The molecule has 0 spiro atoms. The van der Waals surface area contributed by atoms with Crippen molar-refractivity contribution in [1.82, 2.24) is 20.1 Å². The Hall–Kier alpha value is -4.62. The molecule has 1 saturated heterocycles. The van der Waals surface area contributed by atoms with Crippen molar-refractivity contribution in [1.29, 1.82) is 0 Å². The maximum absolute atomic E-state index is 13.1. The van der Waals surface area contributed by atoms with Crippen molar-refractivity contribution >= 4 is 17.7 Å². The van der Waals surface area contributed by atoms with Gasteiger partial charge in [-0.3, -0.25) is 29.6 Å². The van der Waals surface area contributed by atoms with Crippen molar-refractivity contribution in [2.75, 3.05) is 0 Å². The summed E-state index contributed by atoms with van der Waals surface area (Å²) in [5.74, 6) is -0.859. The molecule has 1 fully saturated rings. The first kappa shape index (κ1) is 25.6. The van der Waals surface area contributed by atoms with Crippen LogP contribution >= 0.6 is 0 Å². The van der Waals surface area contributed by atoms with Crippen LogP contribution in [-0.2, 0) is 35.8 Å². The number of carbonyl (C=O) groups excluding carboxylic acids is 3. The normalized spacial score (nSPS) is 16.8. The van der Waals surface area contributed by atoms with Crippen molar-refractivity contribution in [2.24, 2.45) is 0 Å². The minimum Gasteiger partial charge on any atom is -0.322 e. The van der Waals surface area contributed by atoms with Gasteiger partial charge < -0.3 is 4.90 Å². The molecule has 2 aliphatic rings. The van der Waals surface area contributed by atoms with Gasteiger partial charge in [0.2, 0.25) is 11.8 Å². The number of nitrogens with one attached hydrogen (secondary N) is 1. The van der Waals surface area contributed by atoms with Gasteiger partial charge in [0.25, 0.3) is 5.91 Å². The first-order valence-electron chi connectivity index (χ1n) is 13.6. The Labute approximate surface area is 233 Å². The van der Waals surface area contributed by atoms with Crippen molar-refractivity contribution < 1.29 is 14.4 Å². The predicted molar refractivity (Wildman–Crippen MR) is 152 cm³/mol. The van der Waals surface area contributed by atoms with E-state index in [-0.39, 0.29) is 18.2 Å². The molecule has 3 aromatic carbocycles. The maximum atomic E-state index is 13.1. The monoisotopic (exact) mass is 530 g/mol. The van der Waals surface area contributed by atoms with E-state index in [1.165, 1.54) is 11.1 Å². The van der Waals surface area contributed by atoms with E-state index in [4.69, 9.17) is 0 Å². The number of rotatable bonds is 8. The number of amides is 3. The van der Waals surface area contributed by atoms with Crippen LogP contribution in [0, 0.1) is 0 Å². The molecule has 4 aromatic rings. The molecule has 0 saturated carbocycles. The SMILES string of the molecule is O=C1CCC(N2Cc3cc(-c4cc(CN(Cc5ccccc5)Cc5ccccc5)ccn4)ccc3C2=O)C(=O)N1. The average Bonchev–Trinajstić information content (AvgIpc) is 3.29. The second-order valence-corrected chi connectivity index (χ2v) is 10.4.